The van der Waals surface area contributed by atoms with E-state index in [1.807, 2.05) is 36.0 Å². The molecule has 0 aliphatic carbocycles. The summed E-state index contributed by atoms with van der Waals surface area (Å²) in [6, 6.07) is -0.878. The number of aryl methyl sites for hydroxylation is 1. The Kier molecular flexibility index (Phi) is 4.53. The van der Waals surface area contributed by atoms with Crippen LogP contribution in [0.25, 0.3) is 12.7 Å². The highest BCUT2D eigenvalue weighted by molar-refractivity contribution is 6.18. The molecule has 1 fully saturated rings. The summed E-state index contributed by atoms with van der Waals surface area (Å²) in [4.78, 5) is 24.6. The van der Waals surface area contributed by atoms with Gasteiger partial charge in [-0.25, -0.2) is 4.79 Å². The Balaban J connectivity index is 2.33. The normalized spacial score (nSPS) is 19.9. The van der Waals surface area contributed by atoms with Crippen molar-refractivity contribution in [2.45, 2.75) is 12.5 Å². The van der Waals surface area contributed by atoms with Crippen LogP contribution in [-0.2, 0) is 18.3 Å². The predicted molar refractivity (Wildman–Crippen MR) is 83.3 cm³/mol. The van der Waals surface area contributed by atoms with E-state index in [4.69, 9.17) is 11.6 Å². The van der Waals surface area contributed by atoms with Crippen molar-refractivity contribution in [3.8, 4) is 0 Å². The zero-order valence-electron chi connectivity index (χ0n) is 12.1. The fraction of sp³-hybridized carbons (Fsp3) is 0.333. The third-order valence-electron chi connectivity index (χ3n) is 3.58. The quantitative estimate of drug-likeness (QED) is 0.634. The number of allylic oxidation sites excluding steroid dienone is 2. The number of carbonyl (C=O) groups is 2. The van der Waals surface area contributed by atoms with Gasteiger partial charge in [-0.3, -0.25) is 9.69 Å². The number of hydrogen-bond donors (Lipinski definition) is 1. The third kappa shape index (κ3) is 3.03. The lowest BCUT2D eigenvalue weighted by Crippen LogP contribution is -2.34. The van der Waals surface area contributed by atoms with Gasteiger partial charge in [-0.15, -0.1) is 11.6 Å². The van der Waals surface area contributed by atoms with Gasteiger partial charge in [-0.1, -0.05) is 24.8 Å². The molecule has 1 aromatic rings. The molecule has 1 atom stereocenters. The van der Waals surface area contributed by atoms with E-state index in [2.05, 4.69) is 11.9 Å². The van der Waals surface area contributed by atoms with E-state index in [1.54, 1.807) is 0 Å². The van der Waals surface area contributed by atoms with Crippen LogP contribution < -0.4 is 15.9 Å². The Bertz CT molecular complexity index is 705. The average molecular weight is 308 g/mol. The minimum Gasteiger partial charge on any atom is -0.351 e. The molecule has 2 heterocycles. The van der Waals surface area contributed by atoms with Gasteiger partial charge in [0.15, 0.2) is 0 Å². The van der Waals surface area contributed by atoms with E-state index in [0.717, 1.165) is 21.0 Å². The van der Waals surface area contributed by atoms with Gasteiger partial charge in [0.2, 0.25) is 0 Å². The van der Waals surface area contributed by atoms with Crippen molar-refractivity contribution in [3.63, 3.8) is 0 Å². The minimum atomic E-state index is -0.520. The van der Waals surface area contributed by atoms with E-state index >= 15 is 0 Å². The second-order valence-corrected chi connectivity index (χ2v) is 5.29. The molecule has 0 bridgehead atoms. The lowest BCUT2D eigenvalue weighted by Gasteiger charge is -2.06. The lowest BCUT2D eigenvalue weighted by atomic mass is 10.1. The Morgan fingerprint density at radius 1 is 1.43 bits per heavy atom. The van der Waals surface area contributed by atoms with Crippen molar-refractivity contribution in [1.29, 1.82) is 0 Å². The molecular weight excluding hydrogens is 290 g/mol. The number of aromatic nitrogens is 1. The number of carbonyl (C=O) groups excluding carboxylic acids is 2. The van der Waals surface area contributed by atoms with Gasteiger partial charge in [0, 0.05) is 43.2 Å². The van der Waals surface area contributed by atoms with Crippen LogP contribution in [-0.4, -0.2) is 40.4 Å². The summed E-state index contributed by atoms with van der Waals surface area (Å²) in [5.41, 5.74) is 0.968. The second kappa shape index (κ2) is 6.18. The second-order valence-electron chi connectivity index (χ2n) is 4.98. The summed E-state index contributed by atoms with van der Waals surface area (Å²) in [5.74, 6) is 0.226. The average Bonchev–Trinajstić information content (AvgIpc) is 2.84. The maximum Gasteiger partial charge on any atom is 0.324 e. The molecule has 112 valence electrons. The smallest absolute Gasteiger partial charge is 0.324 e. The highest BCUT2D eigenvalue weighted by Crippen LogP contribution is 2.08. The SMILES string of the molecule is C=c1/c(=C\C=C/CCl)c(CC2NC(=O)N(C)C2=O)cn1C. The largest absolute Gasteiger partial charge is 0.351 e. The molecule has 1 N–H and O–H groups in total. The van der Waals surface area contributed by atoms with Crippen LogP contribution in [0.2, 0.25) is 0 Å². The van der Waals surface area contributed by atoms with E-state index < -0.39 is 6.04 Å². The van der Waals surface area contributed by atoms with Crippen LogP contribution in [0, 0.1) is 0 Å². The fourth-order valence-electron chi connectivity index (χ4n) is 2.34. The summed E-state index contributed by atoms with van der Waals surface area (Å²) >= 11 is 5.62. The van der Waals surface area contributed by atoms with Crippen molar-refractivity contribution >= 4 is 36.2 Å². The molecule has 6 heteroatoms. The molecule has 1 aliphatic heterocycles. The molecule has 1 unspecified atom stereocenters. The number of hydrogen-bond acceptors (Lipinski definition) is 2. The number of rotatable bonds is 4. The van der Waals surface area contributed by atoms with Gasteiger partial charge in [0.05, 0.1) is 0 Å². The van der Waals surface area contributed by atoms with E-state index in [1.165, 1.54) is 7.05 Å². The van der Waals surface area contributed by atoms with Gasteiger partial charge in [-0.2, -0.15) is 0 Å². The van der Waals surface area contributed by atoms with Crippen LogP contribution in [0.3, 0.4) is 0 Å². The summed E-state index contributed by atoms with van der Waals surface area (Å²) in [5, 5.41) is 4.49. The molecule has 3 amide bonds. The molecule has 0 spiro atoms. The Morgan fingerprint density at radius 2 is 2.14 bits per heavy atom. The van der Waals surface area contributed by atoms with Gasteiger partial charge < -0.3 is 9.88 Å². The number of alkyl halides is 1. The van der Waals surface area contributed by atoms with Gasteiger partial charge in [0.25, 0.3) is 5.91 Å². The number of nitrogens with one attached hydrogen (secondary N) is 1. The molecule has 0 saturated carbocycles. The zero-order valence-corrected chi connectivity index (χ0v) is 12.9. The van der Waals surface area contributed by atoms with Crippen molar-refractivity contribution in [1.82, 2.24) is 14.8 Å². The van der Waals surface area contributed by atoms with Crippen LogP contribution >= 0.6 is 11.6 Å². The van der Waals surface area contributed by atoms with Crippen molar-refractivity contribution in [2.24, 2.45) is 7.05 Å². The number of halogens is 1. The first kappa shape index (κ1) is 15.4. The molecular formula is C15H18ClN3O2. The molecule has 0 radical (unpaired) electrons. The Labute approximate surface area is 128 Å². The Hall–Kier alpha value is -2.01. The first-order chi connectivity index (χ1) is 9.95. The summed E-state index contributed by atoms with van der Waals surface area (Å²) in [6.07, 6.45) is 7.99. The molecule has 5 nitrogen and oxygen atoms in total. The molecule has 1 aromatic heterocycles. The maximum atomic E-state index is 12.0. The maximum absolute atomic E-state index is 12.0. The van der Waals surface area contributed by atoms with Crippen LogP contribution in [0.5, 0.6) is 0 Å². The van der Waals surface area contributed by atoms with E-state index in [-0.39, 0.29) is 11.9 Å². The molecule has 1 aliphatic rings. The first-order valence-corrected chi connectivity index (χ1v) is 7.13. The minimum absolute atomic E-state index is 0.211. The third-order valence-corrected chi connectivity index (χ3v) is 3.75. The van der Waals surface area contributed by atoms with Crippen molar-refractivity contribution in [3.05, 3.63) is 34.5 Å². The standard InChI is InChI=1S/C15H18ClN3O2/c1-10-12(6-4-5-7-16)11(9-18(10)2)8-13-14(20)19(3)15(21)17-13/h4-6,9,13H,1,7-8H2,2-3H3,(H,17,21)/b5-4-,12-6+. The molecule has 0 aromatic carbocycles. The van der Waals surface area contributed by atoms with E-state index in [0.29, 0.717) is 12.3 Å². The molecule has 1 saturated heterocycles. The summed E-state index contributed by atoms with van der Waals surface area (Å²) < 4.78 is 1.90. The predicted octanol–water partition coefficient (Wildman–Crippen LogP) is 0.104. The highest BCUT2D eigenvalue weighted by Gasteiger charge is 2.35. The van der Waals surface area contributed by atoms with Crippen molar-refractivity contribution < 1.29 is 9.59 Å². The number of nitrogens with zero attached hydrogens (tertiary/aromatic N) is 2. The topological polar surface area (TPSA) is 54.3 Å². The van der Waals surface area contributed by atoms with Crippen LogP contribution in [0.15, 0.2) is 18.3 Å². The summed E-state index contributed by atoms with van der Waals surface area (Å²) in [6.45, 7) is 4.03. The first-order valence-electron chi connectivity index (χ1n) is 6.59. The van der Waals surface area contributed by atoms with Gasteiger partial charge in [0.1, 0.15) is 6.04 Å². The van der Waals surface area contributed by atoms with Crippen molar-refractivity contribution in [2.75, 3.05) is 12.9 Å². The Morgan fingerprint density at radius 3 is 2.71 bits per heavy atom. The fourth-order valence-corrected chi connectivity index (χ4v) is 2.44. The monoisotopic (exact) mass is 307 g/mol. The van der Waals surface area contributed by atoms with E-state index in [9.17, 15) is 9.59 Å². The number of amides is 3. The highest BCUT2D eigenvalue weighted by atomic mass is 35.5. The number of imide groups is 1. The van der Waals surface area contributed by atoms with Crippen LogP contribution in [0.4, 0.5) is 4.79 Å². The summed E-state index contributed by atoms with van der Waals surface area (Å²) in [7, 11) is 3.38. The zero-order chi connectivity index (χ0) is 15.6. The van der Waals surface area contributed by atoms with Gasteiger partial charge in [-0.05, 0) is 5.56 Å². The lowest BCUT2D eigenvalue weighted by molar-refractivity contribution is -0.126. The number of urea groups is 1. The molecule has 21 heavy (non-hydrogen) atoms. The molecule has 2 rings (SSSR count). The van der Waals surface area contributed by atoms with Crippen LogP contribution in [0.1, 0.15) is 5.56 Å². The number of likely N-dealkylation sites (N-methyl/N-ethyl adjacent to an activating group) is 1. The van der Waals surface area contributed by atoms with Gasteiger partial charge >= 0.3 is 6.03 Å².